The van der Waals surface area contributed by atoms with E-state index in [4.69, 9.17) is 5.11 Å². The van der Waals surface area contributed by atoms with E-state index in [1.165, 1.54) is 0 Å². The normalized spacial score (nSPS) is 19.8. The average Bonchev–Trinajstić information content (AvgIpc) is 2.98. The molecule has 1 aliphatic rings. The van der Waals surface area contributed by atoms with Gasteiger partial charge in [0.05, 0.1) is 5.56 Å². The van der Waals surface area contributed by atoms with Crippen molar-refractivity contribution in [3.63, 3.8) is 0 Å². The fraction of sp³-hybridized carbons (Fsp3) is 0.467. The molecule has 19 heavy (non-hydrogen) atoms. The molecule has 1 aromatic carbocycles. The lowest BCUT2D eigenvalue weighted by Crippen LogP contribution is -2.28. The number of carbonyl (C=O) groups excluding carboxylic acids is 1. The molecule has 4 nitrogen and oxygen atoms in total. The topological polar surface area (TPSA) is 57.6 Å². The van der Waals surface area contributed by atoms with E-state index >= 15 is 0 Å². The monoisotopic (exact) mass is 261 g/mol. The molecule has 1 fully saturated rings. The number of carbonyl (C=O) groups is 2. The first kappa shape index (κ1) is 13.6. The van der Waals surface area contributed by atoms with Gasteiger partial charge in [-0.15, -0.1) is 0 Å². The van der Waals surface area contributed by atoms with Crippen molar-refractivity contribution in [1.82, 2.24) is 4.90 Å². The van der Waals surface area contributed by atoms with Gasteiger partial charge in [0.1, 0.15) is 0 Å². The molecule has 0 heterocycles. The maximum absolute atomic E-state index is 12.1. The van der Waals surface area contributed by atoms with Gasteiger partial charge >= 0.3 is 5.97 Å². The van der Waals surface area contributed by atoms with Crippen LogP contribution in [0.3, 0.4) is 0 Å². The van der Waals surface area contributed by atoms with Crippen LogP contribution in [0.5, 0.6) is 0 Å². The molecule has 1 aromatic rings. The van der Waals surface area contributed by atoms with E-state index < -0.39 is 5.97 Å². The van der Waals surface area contributed by atoms with E-state index in [0.29, 0.717) is 6.54 Å². The maximum Gasteiger partial charge on any atom is 0.335 e. The number of hydrogen-bond acceptors (Lipinski definition) is 2. The summed E-state index contributed by atoms with van der Waals surface area (Å²) in [7, 11) is 1.79. The van der Waals surface area contributed by atoms with E-state index in [-0.39, 0.29) is 22.8 Å². The Hall–Kier alpha value is -1.84. The Morgan fingerprint density at radius 3 is 2.26 bits per heavy atom. The molecular formula is C15H19NO3. The summed E-state index contributed by atoms with van der Waals surface area (Å²) in [6.07, 6.45) is 0.953. The molecule has 0 aromatic heterocycles. The van der Waals surface area contributed by atoms with Gasteiger partial charge in [-0.05, 0) is 29.5 Å². The number of nitrogens with zero attached hydrogens (tertiary/aromatic N) is 1. The number of carboxylic acid groups (broad SMARTS) is 1. The van der Waals surface area contributed by atoms with Gasteiger partial charge in [-0.3, -0.25) is 4.79 Å². The molecule has 2 rings (SSSR count). The van der Waals surface area contributed by atoms with Gasteiger partial charge < -0.3 is 10.0 Å². The molecule has 0 saturated heterocycles. The highest BCUT2D eigenvalue weighted by Gasteiger charge is 2.51. The van der Waals surface area contributed by atoms with Crippen LogP contribution >= 0.6 is 0 Å². The Kier molecular flexibility index (Phi) is 3.35. The highest BCUT2D eigenvalue weighted by atomic mass is 16.4. The summed E-state index contributed by atoms with van der Waals surface area (Å²) in [6, 6.07) is 6.64. The van der Waals surface area contributed by atoms with Gasteiger partial charge in [0, 0.05) is 19.5 Å². The lowest BCUT2D eigenvalue weighted by atomic mass is 10.1. The number of aromatic carboxylic acids is 1. The maximum atomic E-state index is 12.1. The first-order valence-electron chi connectivity index (χ1n) is 6.38. The Labute approximate surface area is 113 Å². The first-order chi connectivity index (χ1) is 8.81. The fourth-order valence-corrected chi connectivity index (χ4v) is 2.26. The number of amides is 1. The van der Waals surface area contributed by atoms with Crippen LogP contribution in [0.4, 0.5) is 0 Å². The zero-order valence-corrected chi connectivity index (χ0v) is 11.5. The third kappa shape index (κ3) is 2.95. The van der Waals surface area contributed by atoms with Crippen LogP contribution in [0.2, 0.25) is 0 Å². The van der Waals surface area contributed by atoms with Gasteiger partial charge in [0.15, 0.2) is 0 Å². The first-order valence-corrected chi connectivity index (χ1v) is 6.38. The molecule has 0 bridgehead atoms. The molecule has 1 aliphatic carbocycles. The molecule has 102 valence electrons. The summed E-state index contributed by atoms with van der Waals surface area (Å²) < 4.78 is 0. The van der Waals surface area contributed by atoms with E-state index in [9.17, 15) is 9.59 Å². The summed E-state index contributed by atoms with van der Waals surface area (Å²) in [5, 5.41) is 8.82. The standard InChI is InChI=1S/C15H19NO3/c1-15(2)8-12(15)13(17)16(3)9-10-4-6-11(7-5-10)14(18)19/h4-7,12H,8-9H2,1-3H3,(H,18,19)/t12-/m1/s1. The highest BCUT2D eigenvalue weighted by molar-refractivity contribution is 5.87. The third-order valence-corrected chi connectivity index (χ3v) is 3.81. The highest BCUT2D eigenvalue weighted by Crippen LogP contribution is 2.52. The molecule has 0 radical (unpaired) electrons. The molecule has 0 aliphatic heterocycles. The second kappa shape index (κ2) is 4.68. The fourth-order valence-electron chi connectivity index (χ4n) is 2.26. The minimum atomic E-state index is -0.935. The zero-order valence-electron chi connectivity index (χ0n) is 11.5. The van der Waals surface area contributed by atoms with E-state index in [1.807, 2.05) is 0 Å². The molecule has 0 unspecified atom stereocenters. The van der Waals surface area contributed by atoms with E-state index in [1.54, 1.807) is 36.2 Å². The van der Waals surface area contributed by atoms with Gasteiger partial charge in [-0.2, -0.15) is 0 Å². The second-order valence-corrected chi connectivity index (χ2v) is 5.94. The lowest BCUT2D eigenvalue weighted by Gasteiger charge is -2.18. The van der Waals surface area contributed by atoms with E-state index in [2.05, 4.69) is 13.8 Å². The predicted octanol–water partition coefficient (Wildman–Crippen LogP) is 2.39. The molecule has 4 heteroatoms. The number of benzene rings is 1. The van der Waals surface area contributed by atoms with E-state index in [0.717, 1.165) is 12.0 Å². The lowest BCUT2D eigenvalue weighted by molar-refractivity contribution is -0.132. The zero-order chi connectivity index (χ0) is 14.2. The molecule has 0 spiro atoms. The smallest absolute Gasteiger partial charge is 0.335 e. The number of rotatable bonds is 4. The van der Waals surface area contributed by atoms with Gasteiger partial charge in [-0.25, -0.2) is 4.79 Å². The predicted molar refractivity (Wildman–Crippen MR) is 71.8 cm³/mol. The molecule has 1 atom stereocenters. The Bertz CT molecular complexity index is 505. The van der Waals surface area contributed by atoms with Gasteiger partial charge in [0.25, 0.3) is 0 Å². The van der Waals surface area contributed by atoms with Gasteiger partial charge in [-0.1, -0.05) is 26.0 Å². The SMILES string of the molecule is CN(Cc1ccc(C(=O)O)cc1)C(=O)[C@H]1CC1(C)C. The second-order valence-electron chi connectivity index (χ2n) is 5.94. The van der Waals surface area contributed by atoms with Crippen molar-refractivity contribution in [3.05, 3.63) is 35.4 Å². The average molecular weight is 261 g/mol. The molecule has 1 amide bonds. The van der Waals surface area contributed by atoms with Crippen LogP contribution in [-0.4, -0.2) is 28.9 Å². The Balaban J connectivity index is 1.97. The van der Waals surface area contributed by atoms with Crippen molar-refractivity contribution in [2.45, 2.75) is 26.8 Å². The number of hydrogen-bond donors (Lipinski definition) is 1. The third-order valence-electron chi connectivity index (χ3n) is 3.81. The summed E-state index contributed by atoms with van der Waals surface area (Å²) in [4.78, 5) is 24.6. The van der Waals surface area contributed by atoms with Crippen molar-refractivity contribution < 1.29 is 14.7 Å². The van der Waals surface area contributed by atoms with Crippen molar-refractivity contribution in [2.24, 2.45) is 11.3 Å². The van der Waals surface area contributed by atoms with Crippen LogP contribution in [0.1, 0.15) is 36.2 Å². The minimum Gasteiger partial charge on any atom is -0.478 e. The molecule has 1 N–H and O–H groups in total. The summed E-state index contributed by atoms with van der Waals surface area (Å²) in [5.74, 6) is -0.626. The van der Waals surface area contributed by atoms with Crippen molar-refractivity contribution in [2.75, 3.05) is 7.05 Å². The van der Waals surface area contributed by atoms with Crippen LogP contribution in [-0.2, 0) is 11.3 Å². The molecule has 1 saturated carbocycles. The van der Waals surface area contributed by atoms with Crippen LogP contribution in [0.15, 0.2) is 24.3 Å². The van der Waals surface area contributed by atoms with Crippen LogP contribution in [0, 0.1) is 11.3 Å². The Morgan fingerprint density at radius 1 is 1.32 bits per heavy atom. The van der Waals surface area contributed by atoms with Crippen LogP contribution < -0.4 is 0 Å². The number of carboxylic acids is 1. The van der Waals surface area contributed by atoms with Crippen LogP contribution in [0.25, 0.3) is 0 Å². The summed E-state index contributed by atoms with van der Waals surface area (Å²) in [6.45, 7) is 4.72. The summed E-state index contributed by atoms with van der Waals surface area (Å²) >= 11 is 0. The van der Waals surface area contributed by atoms with Crippen molar-refractivity contribution in [3.8, 4) is 0 Å². The van der Waals surface area contributed by atoms with Crippen molar-refractivity contribution in [1.29, 1.82) is 0 Å². The molecular weight excluding hydrogens is 242 g/mol. The minimum absolute atomic E-state index is 0.135. The van der Waals surface area contributed by atoms with Gasteiger partial charge in [0.2, 0.25) is 5.91 Å². The largest absolute Gasteiger partial charge is 0.478 e. The quantitative estimate of drug-likeness (QED) is 0.905. The summed E-state index contributed by atoms with van der Waals surface area (Å²) in [5.41, 5.74) is 1.35. The Morgan fingerprint density at radius 2 is 1.84 bits per heavy atom. The van der Waals surface area contributed by atoms with Crippen molar-refractivity contribution >= 4 is 11.9 Å².